The lowest BCUT2D eigenvalue weighted by Crippen LogP contribution is -2.32. The summed E-state index contributed by atoms with van der Waals surface area (Å²) in [5, 5.41) is 0. The van der Waals surface area contributed by atoms with Gasteiger partial charge in [-0.25, -0.2) is 0 Å². The van der Waals surface area contributed by atoms with E-state index < -0.39 is 16.6 Å². The third-order valence-corrected chi connectivity index (χ3v) is 8.58. The second-order valence-electron chi connectivity index (χ2n) is 7.32. The first kappa shape index (κ1) is 18.6. The van der Waals surface area contributed by atoms with Gasteiger partial charge in [0.05, 0.1) is 0 Å². The zero-order valence-corrected chi connectivity index (χ0v) is 16.9. The molecule has 0 aliphatic heterocycles. The summed E-state index contributed by atoms with van der Waals surface area (Å²) in [6.07, 6.45) is 10.2. The van der Waals surface area contributed by atoms with Crippen molar-refractivity contribution in [1.29, 1.82) is 0 Å². The summed E-state index contributed by atoms with van der Waals surface area (Å²) in [5.41, 5.74) is 0. The van der Waals surface area contributed by atoms with Gasteiger partial charge in [0, 0.05) is 6.42 Å². The molecule has 0 saturated carbocycles. The summed E-state index contributed by atoms with van der Waals surface area (Å²) in [6, 6.07) is 2.46. The van der Waals surface area contributed by atoms with Crippen LogP contribution in [0.3, 0.4) is 0 Å². The molecule has 0 radical (unpaired) electrons. The summed E-state index contributed by atoms with van der Waals surface area (Å²) in [6.45, 7) is 13.8. The molecule has 1 rings (SSSR count). The maximum Gasteiger partial charge on any atom is 0.245 e. The van der Waals surface area contributed by atoms with Crippen molar-refractivity contribution in [3.05, 3.63) is 23.7 Å². The van der Waals surface area contributed by atoms with Crippen LogP contribution in [0.5, 0.6) is 0 Å². The lowest BCUT2D eigenvalue weighted by molar-refractivity contribution is 0.346. The fraction of sp³-hybridized carbons (Fsp3) is 0.765. The Balaban J connectivity index is 2.67. The third-order valence-electron chi connectivity index (χ3n) is 3.90. The smallest absolute Gasteiger partial charge is 0.245 e. The first-order chi connectivity index (χ1) is 9.79. The van der Waals surface area contributed by atoms with Gasteiger partial charge in [-0.1, -0.05) is 45.6 Å². The number of unbranched alkanes of at least 4 members (excludes halogenated alkanes) is 2. The molecule has 4 heteroatoms. The van der Waals surface area contributed by atoms with Gasteiger partial charge in [0.2, 0.25) is 16.6 Å². The minimum atomic E-state index is -1.61. The highest BCUT2D eigenvalue weighted by atomic mass is 28.4. The summed E-state index contributed by atoms with van der Waals surface area (Å²) in [7, 11) is -3.20. The summed E-state index contributed by atoms with van der Waals surface area (Å²) in [4.78, 5) is 0. The molecule has 0 N–H and O–H groups in total. The monoisotopic (exact) mass is 326 g/mol. The van der Waals surface area contributed by atoms with Gasteiger partial charge < -0.3 is 8.85 Å². The minimum Gasteiger partial charge on any atom is -0.544 e. The van der Waals surface area contributed by atoms with Gasteiger partial charge in [-0.2, -0.15) is 0 Å². The maximum atomic E-state index is 6.42. The van der Waals surface area contributed by atoms with E-state index in [4.69, 9.17) is 8.85 Å². The van der Waals surface area contributed by atoms with Gasteiger partial charge in [0.25, 0.3) is 0 Å². The lowest BCUT2D eigenvalue weighted by atomic mass is 10.4. The van der Waals surface area contributed by atoms with Crippen molar-refractivity contribution in [2.24, 2.45) is 0 Å². The summed E-state index contributed by atoms with van der Waals surface area (Å²) in [5.74, 6) is 2.12. The number of hydrogen-bond acceptors (Lipinski definition) is 2. The van der Waals surface area contributed by atoms with E-state index in [-0.39, 0.29) is 0 Å². The van der Waals surface area contributed by atoms with Crippen molar-refractivity contribution < 1.29 is 8.85 Å². The Bertz CT molecular complexity index is 384. The molecule has 0 aromatic rings. The van der Waals surface area contributed by atoms with Crippen LogP contribution < -0.4 is 0 Å². The first-order valence-corrected chi connectivity index (χ1v) is 14.8. The van der Waals surface area contributed by atoms with Gasteiger partial charge >= 0.3 is 0 Å². The second kappa shape index (κ2) is 8.23. The Kier molecular flexibility index (Phi) is 7.27. The predicted octanol–water partition coefficient (Wildman–Crippen LogP) is 6.20. The van der Waals surface area contributed by atoms with E-state index in [2.05, 4.69) is 52.2 Å². The van der Waals surface area contributed by atoms with E-state index in [1.807, 2.05) is 0 Å². The Morgan fingerprint density at radius 2 is 1.43 bits per heavy atom. The van der Waals surface area contributed by atoms with Crippen LogP contribution in [-0.2, 0) is 8.85 Å². The van der Waals surface area contributed by atoms with Crippen LogP contribution in [0.1, 0.15) is 46.0 Å². The molecule has 21 heavy (non-hydrogen) atoms. The number of hydrogen-bond donors (Lipinski definition) is 0. The van der Waals surface area contributed by atoms with E-state index in [1.54, 1.807) is 0 Å². The topological polar surface area (TPSA) is 18.5 Å². The summed E-state index contributed by atoms with van der Waals surface area (Å²) >= 11 is 0. The Hall–Kier alpha value is -0.486. The standard InChI is InChI=1S/C17H34O2Si2/c1-7-9-14-20(3,4)18-16-12-11-13-17(16)19-21(5,6)15-10-8-2/h11-12H,7-10,13-15H2,1-6H3. The van der Waals surface area contributed by atoms with Crippen LogP contribution in [-0.4, -0.2) is 16.6 Å². The van der Waals surface area contributed by atoms with Crippen LogP contribution in [0.15, 0.2) is 23.7 Å². The quantitative estimate of drug-likeness (QED) is 0.445. The molecule has 0 heterocycles. The maximum absolute atomic E-state index is 6.42. The highest BCUT2D eigenvalue weighted by molar-refractivity contribution is 6.72. The van der Waals surface area contributed by atoms with Gasteiger partial charge in [-0.05, 0) is 44.4 Å². The fourth-order valence-electron chi connectivity index (χ4n) is 2.59. The Morgan fingerprint density at radius 3 is 1.95 bits per heavy atom. The van der Waals surface area contributed by atoms with Gasteiger partial charge in [0.1, 0.15) is 11.5 Å². The van der Waals surface area contributed by atoms with E-state index in [1.165, 1.54) is 37.8 Å². The lowest BCUT2D eigenvalue weighted by Gasteiger charge is -2.29. The molecule has 0 amide bonds. The molecule has 0 unspecified atom stereocenters. The average molecular weight is 327 g/mol. The molecule has 0 spiro atoms. The van der Waals surface area contributed by atoms with Crippen LogP contribution >= 0.6 is 0 Å². The minimum absolute atomic E-state index is 0.913. The molecule has 0 bridgehead atoms. The SMILES string of the molecule is CCCC[Si](C)(C)OC1=C(O[Si](C)(C)CCCC)CC=C1. The van der Waals surface area contributed by atoms with Crippen LogP contribution in [0.4, 0.5) is 0 Å². The highest BCUT2D eigenvalue weighted by Gasteiger charge is 2.30. The fourth-order valence-corrected chi connectivity index (χ4v) is 6.83. The largest absolute Gasteiger partial charge is 0.544 e. The zero-order chi connectivity index (χ0) is 15.9. The first-order valence-electron chi connectivity index (χ1n) is 8.57. The van der Waals surface area contributed by atoms with E-state index in [0.29, 0.717) is 0 Å². The normalized spacial score (nSPS) is 15.7. The predicted molar refractivity (Wildman–Crippen MR) is 97.3 cm³/mol. The Morgan fingerprint density at radius 1 is 0.905 bits per heavy atom. The zero-order valence-electron chi connectivity index (χ0n) is 14.9. The van der Waals surface area contributed by atoms with Crippen LogP contribution in [0, 0.1) is 0 Å². The molecular formula is C17H34O2Si2. The van der Waals surface area contributed by atoms with Crippen molar-refractivity contribution >= 4 is 16.6 Å². The highest BCUT2D eigenvalue weighted by Crippen LogP contribution is 2.30. The van der Waals surface area contributed by atoms with Crippen LogP contribution in [0.2, 0.25) is 38.3 Å². The van der Waals surface area contributed by atoms with E-state index in [0.717, 1.165) is 17.9 Å². The Labute approximate surface area is 133 Å². The molecule has 0 atom stereocenters. The van der Waals surface area contributed by atoms with Gasteiger partial charge in [0.15, 0.2) is 0 Å². The number of allylic oxidation sites excluding steroid dienone is 2. The molecule has 0 fully saturated rings. The molecule has 0 aromatic carbocycles. The molecule has 0 saturated heterocycles. The van der Waals surface area contributed by atoms with Crippen molar-refractivity contribution in [2.45, 2.75) is 84.2 Å². The summed E-state index contributed by atoms with van der Waals surface area (Å²) < 4.78 is 12.8. The van der Waals surface area contributed by atoms with E-state index >= 15 is 0 Å². The molecule has 1 aliphatic carbocycles. The molecular weight excluding hydrogens is 292 g/mol. The van der Waals surface area contributed by atoms with Crippen molar-refractivity contribution in [2.75, 3.05) is 0 Å². The molecule has 122 valence electrons. The average Bonchev–Trinajstić information content (AvgIpc) is 2.80. The second-order valence-corrected chi connectivity index (χ2v) is 15.8. The van der Waals surface area contributed by atoms with Gasteiger partial charge in [-0.15, -0.1) is 0 Å². The van der Waals surface area contributed by atoms with Crippen molar-refractivity contribution in [1.82, 2.24) is 0 Å². The van der Waals surface area contributed by atoms with E-state index in [9.17, 15) is 0 Å². The molecule has 1 aliphatic rings. The number of rotatable bonds is 10. The van der Waals surface area contributed by atoms with Crippen molar-refractivity contribution in [3.63, 3.8) is 0 Å². The van der Waals surface area contributed by atoms with Crippen molar-refractivity contribution in [3.8, 4) is 0 Å². The van der Waals surface area contributed by atoms with Crippen LogP contribution in [0.25, 0.3) is 0 Å². The molecule has 0 aromatic heterocycles. The third kappa shape index (κ3) is 6.87. The molecule has 2 nitrogen and oxygen atoms in total. The van der Waals surface area contributed by atoms with Gasteiger partial charge in [-0.3, -0.25) is 0 Å².